The molecule has 0 aliphatic carbocycles. The molecule has 0 spiro atoms. The first-order valence-electron chi connectivity index (χ1n) is 7.10. The average molecular weight is 247 g/mol. The van der Waals surface area contributed by atoms with E-state index < -0.39 is 0 Å². The van der Waals surface area contributed by atoms with Gasteiger partial charge in [-0.25, -0.2) is 0 Å². The van der Waals surface area contributed by atoms with Crippen molar-refractivity contribution in [2.45, 2.75) is 32.9 Å². The maximum atomic E-state index is 3.61. The van der Waals surface area contributed by atoms with Crippen molar-refractivity contribution in [2.75, 3.05) is 31.5 Å². The van der Waals surface area contributed by atoms with Crippen LogP contribution in [-0.4, -0.2) is 37.1 Å². The summed E-state index contributed by atoms with van der Waals surface area (Å²) in [5, 5.41) is 7.00. The van der Waals surface area contributed by atoms with Crippen LogP contribution < -0.4 is 10.6 Å². The Morgan fingerprint density at radius 3 is 2.83 bits per heavy atom. The Kier molecular flexibility index (Phi) is 5.02. The SMILES string of the molecule is CCN(CC)Cc1cccc(NC2CCNC2)c1. The first-order valence-corrected chi connectivity index (χ1v) is 7.10. The van der Waals surface area contributed by atoms with Crippen LogP contribution in [0.4, 0.5) is 5.69 Å². The van der Waals surface area contributed by atoms with E-state index in [0.29, 0.717) is 6.04 Å². The molecule has 0 bridgehead atoms. The first-order chi connectivity index (χ1) is 8.81. The van der Waals surface area contributed by atoms with Crippen molar-refractivity contribution in [3.8, 4) is 0 Å². The Morgan fingerprint density at radius 2 is 2.17 bits per heavy atom. The maximum absolute atomic E-state index is 3.61. The van der Waals surface area contributed by atoms with E-state index in [1.165, 1.54) is 17.7 Å². The van der Waals surface area contributed by atoms with Crippen molar-refractivity contribution in [1.82, 2.24) is 10.2 Å². The highest BCUT2D eigenvalue weighted by molar-refractivity contribution is 5.46. The summed E-state index contributed by atoms with van der Waals surface area (Å²) >= 11 is 0. The van der Waals surface area contributed by atoms with Gasteiger partial charge in [0.05, 0.1) is 0 Å². The van der Waals surface area contributed by atoms with E-state index in [2.05, 4.69) is 53.6 Å². The van der Waals surface area contributed by atoms with Gasteiger partial charge in [0, 0.05) is 24.8 Å². The van der Waals surface area contributed by atoms with Crippen molar-refractivity contribution in [1.29, 1.82) is 0 Å². The third kappa shape index (κ3) is 3.72. The van der Waals surface area contributed by atoms with Crippen molar-refractivity contribution < 1.29 is 0 Å². The van der Waals surface area contributed by atoms with Crippen molar-refractivity contribution >= 4 is 5.69 Å². The van der Waals surface area contributed by atoms with E-state index in [9.17, 15) is 0 Å². The Labute approximate surface area is 111 Å². The van der Waals surface area contributed by atoms with Gasteiger partial charge in [-0.3, -0.25) is 4.90 Å². The zero-order chi connectivity index (χ0) is 12.8. The number of hydrogen-bond acceptors (Lipinski definition) is 3. The van der Waals surface area contributed by atoms with Gasteiger partial charge in [0.1, 0.15) is 0 Å². The molecule has 3 heteroatoms. The van der Waals surface area contributed by atoms with Crippen LogP contribution in [0.3, 0.4) is 0 Å². The molecule has 1 unspecified atom stereocenters. The molecule has 1 aliphatic heterocycles. The second-order valence-corrected chi connectivity index (χ2v) is 5.00. The molecule has 100 valence electrons. The van der Waals surface area contributed by atoms with Gasteiger partial charge >= 0.3 is 0 Å². The van der Waals surface area contributed by atoms with E-state index in [1.54, 1.807) is 0 Å². The quantitative estimate of drug-likeness (QED) is 0.808. The van der Waals surface area contributed by atoms with Crippen LogP contribution in [0.5, 0.6) is 0 Å². The van der Waals surface area contributed by atoms with Crippen molar-refractivity contribution in [3.05, 3.63) is 29.8 Å². The van der Waals surface area contributed by atoms with Crippen LogP contribution in [0.15, 0.2) is 24.3 Å². The zero-order valence-electron chi connectivity index (χ0n) is 11.6. The van der Waals surface area contributed by atoms with Crippen LogP contribution in [0, 0.1) is 0 Å². The molecule has 0 amide bonds. The summed E-state index contributed by atoms with van der Waals surface area (Å²) in [6, 6.07) is 9.43. The minimum absolute atomic E-state index is 0.591. The lowest BCUT2D eigenvalue weighted by Gasteiger charge is -2.19. The van der Waals surface area contributed by atoms with Gasteiger partial charge < -0.3 is 10.6 Å². The van der Waals surface area contributed by atoms with Crippen LogP contribution in [-0.2, 0) is 6.54 Å². The second-order valence-electron chi connectivity index (χ2n) is 5.00. The van der Waals surface area contributed by atoms with E-state index in [-0.39, 0.29) is 0 Å². The Balaban J connectivity index is 1.95. The minimum atomic E-state index is 0.591. The number of nitrogens with zero attached hydrogens (tertiary/aromatic N) is 1. The normalized spacial score (nSPS) is 19.4. The van der Waals surface area contributed by atoms with Gasteiger partial charge in [0.25, 0.3) is 0 Å². The van der Waals surface area contributed by atoms with Gasteiger partial charge in [0.2, 0.25) is 0 Å². The number of anilines is 1. The highest BCUT2D eigenvalue weighted by atomic mass is 15.1. The topological polar surface area (TPSA) is 27.3 Å². The monoisotopic (exact) mass is 247 g/mol. The second kappa shape index (κ2) is 6.76. The molecular formula is C15H25N3. The fraction of sp³-hybridized carbons (Fsp3) is 0.600. The summed E-state index contributed by atoms with van der Waals surface area (Å²) in [7, 11) is 0. The molecule has 0 aromatic heterocycles. The fourth-order valence-corrected chi connectivity index (χ4v) is 2.48. The zero-order valence-corrected chi connectivity index (χ0v) is 11.6. The molecule has 1 heterocycles. The predicted octanol–water partition coefficient (Wildman–Crippen LogP) is 2.30. The molecular weight excluding hydrogens is 222 g/mol. The van der Waals surface area contributed by atoms with E-state index in [1.807, 2.05) is 0 Å². The van der Waals surface area contributed by atoms with E-state index in [0.717, 1.165) is 32.7 Å². The fourth-order valence-electron chi connectivity index (χ4n) is 2.48. The highest BCUT2D eigenvalue weighted by Gasteiger charge is 2.13. The van der Waals surface area contributed by atoms with Crippen LogP contribution in [0.25, 0.3) is 0 Å². The van der Waals surface area contributed by atoms with Crippen molar-refractivity contribution in [2.24, 2.45) is 0 Å². The molecule has 1 saturated heterocycles. The summed E-state index contributed by atoms with van der Waals surface area (Å²) in [6.07, 6.45) is 1.22. The summed E-state index contributed by atoms with van der Waals surface area (Å²) in [4.78, 5) is 2.44. The van der Waals surface area contributed by atoms with Gasteiger partial charge in [-0.1, -0.05) is 26.0 Å². The molecule has 1 aliphatic rings. The molecule has 1 aromatic carbocycles. The lowest BCUT2D eigenvalue weighted by molar-refractivity contribution is 0.296. The van der Waals surface area contributed by atoms with Crippen molar-refractivity contribution in [3.63, 3.8) is 0 Å². The number of hydrogen-bond donors (Lipinski definition) is 2. The molecule has 2 N–H and O–H groups in total. The van der Waals surface area contributed by atoms with Gasteiger partial charge in [-0.05, 0) is 43.8 Å². The third-order valence-electron chi connectivity index (χ3n) is 3.66. The predicted molar refractivity (Wildman–Crippen MR) is 78.0 cm³/mol. The van der Waals surface area contributed by atoms with E-state index >= 15 is 0 Å². The first kappa shape index (κ1) is 13.4. The third-order valence-corrected chi connectivity index (χ3v) is 3.66. The number of nitrogens with one attached hydrogen (secondary N) is 2. The molecule has 1 atom stereocenters. The maximum Gasteiger partial charge on any atom is 0.0398 e. The molecule has 3 nitrogen and oxygen atoms in total. The molecule has 0 radical (unpaired) electrons. The van der Waals surface area contributed by atoms with Crippen LogP contribution in [0.1, 0.15) is 25.8 Å². The Bertz CT molecular complexity index is 335. The lowest BCUT2D eigenvalue weighted by atomic mass is 10.1. The Morgan fingerprint density at radius 1 is 1.33 bits per heavy atom. The smallest absolute Gasteiger partial charge is 0.0398 e. The standard InChI is InChI=1S/C15H25N3/c1-3-18(4-2)12-13-6-5-7-14(10-13)17-15-8-9-16-11-15/h5-7,10,15-17H,3-4,8-9,11-12H2,1-2H3. The summed E-state index contributed by atoms with van der Waals surface area (Å²) in [5.41, 5.74) is 2.66. The summed E-state index contributed by atoms with van der Waals surface area (Å²) < 4.78 is 0. The van der Waals surface area contributed by atoms with Gasteiger partial charge in [-0.2, -0.15) is 0 Å². The Hall–Kier alpha value is -1.06. The average Bonchev–Trinajstić information content (AvgIpc) is 2.89. The number of rotatable bonds is 6. The molecule has 0 saturated carbocycles. The highest BCUT2D eigenvalue weighted by Crippen LogP contribution is 2.15. The minimum Gasteiger partial charge on any atom is -0.381 e. The molecule has 1 aromatic rings. The van der Waals surface area contributed by atoms with Crippen LogP contribution >= 0.6 is 0 Å². The summed E-state index contributed by atoms with van der Waals surface area (Å²) in [5.74, 6) is 0. The van der Waals surface area contributed by atoms with E-state index in [4.69, 9.17) is 0 Å². The molecule has 2 rings (SSSR count). The molecule has 1 fully saturated rings. The lowest BCUT2D eigenvalue weighted by Crippen LogP contribution is -2.23. The molecule has 18 heavy (non-hydrogen) atoms. The summed E-state index contributed by atoms with van der Waals surface area (Å²) in [6.45, 7) is 9.93. The van der Waals surface area contributed by atoms with Crippen LogP contribution in [0.2, 0.25) is 0 Å². The van der Waals surface area contributed by atoms with Gasteiger partial charge in [0.15, 0.2) is 0 Å². The number of benzene rings is 1. The largest absolute Gasteiger partial charge is 0.381 e. The van der Waals surface area contributed by atoms with Gasteiger partial charge in [-0.15, -0.1) is 0 Å².